The fraction of sp³-hybridized carbons (Fsp3) is 0.381. The van der Waals surface area contributed by atoms with E-state index in [4.69, 9.17) is 4.74 Å². The van der Waals surface area contributed by atoms with E-state index in [1.807, 2.05) is 63.4 Å². The van der Waals surface area contributed by atoms with Gasteiger partial charge < -0.3 is 15.0 Å². The molecule has 0 spiro atoms. The highest BCUT2D eigenvalue weighted by atomic mass is 32.1. The highest BCUT2D eigenvalue weighted by Gasteiger charge is 2.21. The van der Waals surface area contributed by atoms with Crippen molar-refractivity contribution in [3.8, 4) is 11.1 Å². The predicted molar refractivity (Wildman–Crippen MR) is 110 cm³/mol. The minimum absolute atomic E-state index is 0.0960. The lowest BCUT2D eigenvalue weighted by Gasteiger charge is -2.23. The van der Waals surface area contributed by atoms with Crippen molar-refractivity contribution in [2.75, 3.05) is 20.2 Å². The molecule has 1 aromatic carbocycles. The Balaban J connectivity index is 1.94. The molecule has 0 aliphatic carbocycles. The number of amides is 2. The largest absolute Gasteiger partial charge is 0.451 e. The highest BCUT2D eigenvalue weighted by molar-refractivity contribution is 7.12. The van der Waals surface area contributed by atoms with Crippen LogP contribution >= 0.6 is 11.3 Å². The van der Waals surface area contributed by atoms with Crippen molar-refractivity contribution in [1.82, 2.24) is 10.2 Å². The van der Waals surface area contributed by atoms with Gasteiger partial charge in [0.05, 0.1) is 6.54 Å². The van der Waals surface area contributed by atoms with Gasteiger partial charge in [0.2, 0.25) is 5.91 Å². The zero-order chi connectivity index (χ0) is 20.9. The van der Waals surface area contributed by atoms with E-state index < -0.39 is 18.5 Å². The van der Waals surface area contributed by atoms with Crippen LogP contribution in [0.5, 0.6) is 0 Å². The van der Waals surface area contributed by atoms with Gasteiger partial charge in [0, 0.05) is 18.2 Å². The van der Waals surface area contributed by atoms with Gasteiger partial charge in [-0.25, -0.2) is 4.79 Å². The van der Waals surface area contributed by atoms with Crippen LogP contribution in [0.3, 0.4) is 0 Å². The molecule has 1 heterocycles. The Bertz CT molecular complexity index is 850. The molecule has 0 fully saturated rings. The van der Waals surface area contributed by atoms with Crippen LogP contribution in [0.25, 0.3) is 11.1 Å². The molecule has 2 aromatic rings. The molecule has 0 saturated heterocycles. The number of thiophene rings is 1. The molecule has 2 amide bonds. The van der Waals surface area contributed by atoms with E-state index in [0.717, 1.165) is 16.7 Å². The first-order chi connectivity index (χ1) is 13.1. The Morgan fingerprint density at radius 3 is 2.36 bits per heavy atom. The second kappa shape index (κ2) is 9.01. The molecule has 0 aliphatic rings. The smallest absolute Gasteiger partial charge is 0.349 e. The molecule has 0 bridgehead atoms. The summed E-state index contributed by atoms with van der Waals surface area (Å²) in [5.41, 5.74) is 2.45. The molecule has 7 heteroatoms. The Morgan fingerprint density at radius 2 is 1.75 bits per heavy atom. The van der Waals surface area contributed by atoms with Crippen LogP contribution in [0, 0.1) is 6.92 Å². The summed E-state index contributed by atoms with van der Waals surface area (Å²) in [7, 11) is 1.50. The first-order valence-corrected chi connectivity index (χ1v) is 9.81. The summed E-state index contributed by atoms with van der Waals surface area (Å²) >= 11 is 1.27. The SMILES string of the molecule is Cc1ccc(-c2ccsc2C(=O)OCC(=O)N(C)CC(=O)NC(C)(C)C)cc1. The van der Waals surface area contributed by atoms with Crippen molar-refractivity contribution in [2.45, 2.75) is 33.2 Å². The lowest BCUT2D eigenvalue weighted by atomic mass is 10.1. The van der Waals surface area contributed by atoms with Crippen LogP contribution in [-0.4, -0.2) is 48.4 Å². The van der Waals surface area contributed by atoms with E-state index in [9.17, 15) is 14.4 Å². The third-order valence-corrected chi connectivity index (χ3v) is 4.76. The maximum absolute atomic E-state index is 12.4. The number of rotatable bonds is 6. The summed E-state index contributed by atoms with van der Waals surface area (Å²) in [5.74, 6) is -1.26. The fourth-order valence-corrected chi connectivity index (χ4v) is 3.30. The quantitative estimate of drug-likeness (QED) is 0.753. The third-order valence-electron chi connectivity index (χ3n) is 3.86. The van der Waals surface area contributed by atoms with Crippen LogP contribution in [0.4, 0.5) is 0 Å². The number of ether oxygens (including phenoxy) is 1. The number of hydrogen-bond donors (Lipinski definition) is 1. The van der Waals surface area contributed by atoms with Gasteiger partial charge in [-0.2, -0.15) is 0 Å². The van der Waals surface area contributed by atoms with Gasteiger partial charge in [-0.3, -0.25) is 9.59 Å². The number of carbonyl (C=O) groups excluding carboxylic acids is 3. The number of likely N-dealkylation sites (N-methyl/N-ethyl adjacent to an activating group) is 1. The summed E-state index contributed by atoms with van der Waals surface area (Å²) in [6.45, 7) is 7.07. The van der Waals surface area contributed by atoms with E-state index in [2.05, 4.69) is 5.32 Å². The first kappa shape index (κ1) is 21.6. The Morgan fingerprint density at radius 1 is 1.11 bits per heavy atom. The van der Waals surface area contributed by atoms with Gasteiger partial charge in [0.1, 0.15) is 4.88 Å². The zero-order valence-electron chi connectivity index (χ0n) is 16.9. The van der Waals surface area contributed by atoms with Crippen molar-refractivity contribution >= 4 is 29.1 Å². The van der Waals surface area contributed by atoms with E-state index in [-0.39, 0.29) is 18.0 Å². The molecule has 0 saturated carbocycles. The van der Waals surface area contributed by atoms with E-state index in [1.54, 1.807) is 0 Å². The van der Waals surface area contributed by atoms with Crippen LogP contribution in [0.2, 0.25) is 0 Å². The monoisotopic (exact) mass is 402 g/mol. The van der Waals surface area contributed by atoms with Crippen LogP contribution in [-0.2, 0) is 14.3 Å². The number of nitrogens with zero attached hydrogens (tertiary/aromatic N) is 1. The van der Waals surface area contributed by atoms with Gasteiger partial charge in [-0.15, -0.1) is 11.3 Å². The van der Waals surface area contributed by atoms with E-state index in [0.29, 0.717) is 4.88 Å². The van der Waals surface area contributed by atoms with Gasteiger partial charge in [0.15, 0.2) is 6.61 Å². The van der Waals surface area contributed by atoms with Crippen molar-refractivity contribution < 1.29 is 19.1 Å². The molecular formula is C21H26N2O4S. The summed E-state index contributed by atoms with van der Waals surface area (Å²) in [5, 5.41) is 4.60. The first-order valence-electron chi connectivity index (χ1n) is 8.93. The molecule has 0 atom stereocenters. The molecule has 1 N–H and O–H groups in total. The maximum Gasteiger partial charge on any atom is 0.349 e. The molecule has 6 nitrogen and oxygen atoms in total. The Labute approximate surface area is 169 Å². The van der Waals surface area contributed by atoms with Gasteiger partial charge in [0.25, 0.3) is 5.91 Å². The molecule has 28 heavy (non-hydrogen) atoms. The number of hydrogen-bond acceptors (Lipinski definition) is 5. The zero-order valence-corrected chi connectivity index (χ0v) is 17.7. The number of benzene rings is 1. The summed E-state index contributed by atoms with van der Waals surface area (Å²) in [4.78, 5) is 38.2. The molecule has 0 unspecified atom stereocenters. The number of esters is 1. The topological polar surface area (TPSA) is 75.7 Å². The van der Waals surface area contributed by atoms with Crippen molar-refractivity contribution in [3.05, 3.63) is 46.2 Å². The summed E-state index contributed by atoms with van der Waals surface area (Å²) < 4.78 is 5.19. The minimum Gasteiger partial charge on any atom is -0.451 e. The molecule has 0 aliphatic heterocycles. The van der Waals surface area contributed by atoms with Crippen LogP contribution in [0.15, 0.2) is 35.7 Å². The summed E-state index contributed by atoms with van der Waals surface area (Å²) in [6.07, 6.45) is 0. The minimum atomic E-state index is -0.550. The van der Waals surface area contributed by atoms with E-state index >= 15 is 0 Å². The lowest BCUT2D eigenvalue weighted by molar-refractivity contribution is -0.137. The highest BCUT2D eigenvalue weighted by Crippen LogP contribution is 2.29. The molecule has 2 rings (SSSR count). The summed E-state index contributed by atoms with van der Waals surface area (Å²) in [6, 6.07) is 9.70. The average Bonchev–Trinajstić information content (AvgIpc) is 3.08. The second-order valence-electron chi connectivity index (χ2n) is 7.65. The molecule has 150 valence electrons. The maximum atomic E-state index is 12.4. The number of nitrogens with one attached hydrogen (secondary N) is 1. The normalized spacial score (nSPS) is 11.0. The van der Waals surface area contributed by atoms with Crippen molar-refractivity contribution in [2.24, 2.45) is 0 Å². The van der Waals surface area contributed by atoms with Crippen molar-refractivity contribution in [3.63, 3.8) is 0 Å². The lowest BCUT2D eigenvalue weighted by Crippen LogP contribution is -2.46. The van der Waals surface area contributed by atoms with Gasteiger partial charge >= 0.3 is 5.97 Å². The Hall–Kier alpha value is -2.67. The van der Waals surface area contributed by atoms with Gasteiger partial charge in [-0.1, -0.05) is 29.8 Å². The fourth-order valence-electron chi connectivity index (χ4n) is 2.49. The van der Waals surface area contributed by atoms with Gasteiger partial charge in [-0.05, 0) is 44.7 Å². The average molecular weight is 403 g/mol. The third kappa shape index (κ3) is 6.20. The van der Waals surface area contributed by atoms with Crippen LogP contribution in [0.1, 0.15) is 36.0 Å². The Kier molecular flexibility index (Phi) is 6.96. The predicted octanol–water partition coefficient (Wildman–Crippen LogP) is 3.25. The standard InChI is InChI=1S/C21H26N2O4S/c1-14-6-8-15(9-7-14)16-10-11-28-19(16)20(26)27-13-18(25)23(5)12-17(24)22-21(2,3)4/h6-11H,12-13H2,1-5H3,(H,22,24). The molecule has 1 aromatic heterocycles. The second-order valence-corrected chi connectivity index (χ2v) is 8.57. The van der Waals surface area contributed by atoms with Crippen molar-refractivity contribution in [1.29, 1.82) is 0 Å². The van der Waals surface area contributed by atoms with E-state index in [1.165, 1.54) is 23.3 Å². The molecule has 0 radical (unpaired) electrons. The number of carbonyl (C=O) groups is 3. The molecular weight excluding hydrogens is 376 g/mol. The van der Waals surface area contributed by atoms with Crippen LogP contribution < -0.4 is 5.32 Å². The number of aryl methyl sites for hydroxylation is 1.